The minimum Gasteiger partial charge on any atom is -0.326 e. The smallest absolute Gasteiger partial charge is 0.264 e. The van der Waals surface area contributed by atoms with Gasteiger partial charge < -0.3 is 5.32 Å². The molecule has 36 heavy (non-hydrogen) atoms. The highest BCUT2D eigenvalue weighted by atomic mass is 35.5. The minimum atomic E-state index is -3.88. The lowest BCUT2D eigenvalue weighted by molar-refractivity contribution is -0.120. The van der Waals surface area contributed by atoms with Crippen molar-refractivity contribution in [1.29, 1.82) is 0 Å². The highest BCUT2D eigenvalue weighted by molar-refractivity contribution is 7.92. The van der Waals surface area contributed by atoms with Gasteiger partial charge in [0.2, 0.25) is 21.9 Å². The van der Waals surface area contributed by atoms with Crippen LogP contribution in [0, 0.1) is 5.92 Å². The second kappa shape index (κ2) is 10.9. The van der Waals surface area contributed by atoms with E-state index in [0.717, 1.165) is 0 Å². The molecule has 0 bridgehead atoms. The molecule has 0 aliphatic carbocycles. The number of sulfonamides is 2. The van der Waals surface area contributed by atoms with Crippen LogP contribution in [0.4, 0.5) is 11.6 Å². The minimum absolute atomic E-state index is 0.00818. The Morgan fingerprint density at radius 3 is 2.28 bits per heavy atom. The molecule has 13 heteroatoms. The van der Waals surface area contributed by atoms with Crippen molar-refractivity contribution in [3.8, 4) is 0 Å². The van der Waals surface area contributed by atoms with E-state index in [1.165, 1.54) is 41.0 Å². The third-order valence-corrected chi connectivity index (χ3v) is 9.11. The summed E-state index contributed by atoms with van der Waals surface area (Å²) in [5.41, 5.74) is 1.05. The zero-order chi connectivity index (χ0) is 25.8. The maximum absolute atomic E-state index is 12.8. The number of nitrogens with zero attached hydrogens (tertiary/aromatic N) is 3. The summed E-state index contributed by atoms with van der Waals surface area (Å²) in [6.45, 7) is 0.483. The number of hydrogen-bond donors (Lipinski definition) is 2. The summed E-state index contributed by atoms with van der Waals surface area (Å²) in [6, 6.07) is 14.0. The van der Waals surface area contributed by atoms with Crippen LogP contribution in [0.5, 0.6) is 0 Å². The van der Waals surface area contributed by atoms with E-state index < -0.39 is 20.0 Å². The van der Waals surface area contributed by atoms with Crippen LogP contribution in [0.25, 0.3) is 0 Å². The van der Waals surface area contributed by atoms with Gasteiger partial charge in [-0.1, -0.05) is 23.7 Å². The second-order valence-electron chi connectivity index (χ2n) is 8.25. The Morgan fingerprint density at radius 2 is 1.64 bits per heavy atom. The lowest BCUT2D eigenvalue weighted by Gasteiger charge is -2.30. The molecule has 0 unspecified atom stereocenters. The standard InChI is InChI=1S/C23H24ClN5O5S2/c24-19-4-1-3-17(15-19)16-35(31,32)29-13-9-18(10-14-29)22(30)27-20-5-7-21(8-6-20)36(33,34)28-23-25-11-2-12-26-23/h1-8,11-12,15,18H,9-10,13-14,16H2,(H,27,30)(H,25,26,28). The highest BCUT2D eigenvalue weighted by Gasteiger charge is 2.31. The van der Waals surface area contributed by atoms with E-state index >= 15 is 0 Å². The van der Waals surface area contributed by atoms with Gasteiger partial charge in [0, 0.05) is 42.1 Å². The molecule has 1 saturated heterocycles. The number of piperidine rings is 1. The molecule has 2 aromatic carbocycles. The Bertz CT molecular complexity index is 1430. The SMILES string of the molecule is O=C(Nc1ccc(S(=O)(=O)Nc2ncccn2)cc1)C1CCN(S(=O)(=O)Cc2cccc(Cl)c2)CC1. The summed E-state index contributed by atoms with van der Waals surface area (Å²) in [5, 5.41) is 3.26. The summed E-state index contributed by atoms with van der Waals surface area (Å²) < 4.78 is 54.2. The molecule has 0 spiro atoms. The average Bonchev–Trinajstić information content (AvgIpc) is 2.84. The summed E-state index contributed by atoms with van der Waals surface area (Å²) in [7, 11) is -7.41. The molecule has 1 amide bonds. The van der Waals surface area contributed by atoms with E-state index in [1.807, 2.05) is 0 Å². The molecule has 3 aromatic rings. The number of aromatic nitrogens is 2. The molecule has 1 aliphatic heterocycles. The van der Waals surface area contributed by atoms with Crippen molar-refractivity contribution in [2.24, 2.45) is 5.92 Å². The van der Waals surface area contributed by atoms with E-state index in [2.05, 4.69) is 20.0 Å². The Labute approximate surface area is 214 Å². The molecule has 10 nitrogen and oxygen atoms in total. The van der Waals surface area contributed by atoms with Crippen molar-refractivity contribution in [3.63, 3.8) is 0 Å². The molecule has 1 aromatic heterocycles. The third kappa shape index (κ3) is 6.58. The van der Waals surface area contributed by atoms with Gasteiger partial charge in [0.1, 0.15) is 0 Å². The lowest BCUT2D eigenvalue weighted by atomic mass is 9.97. The normalized spacial score (nSPS) is 15.4. The number of carbonyl (C=O) groups is 1. The average molecular weight is 550 g/mol. The first-order valence-corrected chi connectivity index (χ1v) is 14.5. The van der Waals surface area contributed by atoms with Crippen molar-refractivity contribution in [3.05, 3.63) is 77.6 Å². The van der Waals surface area contributed by atoms with Crippen LogP contribution in [0.15, 0.2) is 71.9 Å². The zero-order valence-electron chi connectivity index (χ0n) is 19.0. The maximum atomic E-state index is 12.8. The van der Waals surface area contributed by atoms with E-state index in [1.54, 1.807) is 30.3 Å². The number of anilines is 2. The van der Waals surface area contributed by atoms with E-state index in [-0.39, 0.29) is 41.5 Å². The Morgan fingerprint density at radius 1 is 0.972 bits per heavy atom. The van der Waals surface area contributed by atoms with Crippen LogP contribution in [-0.2, 0) is 30.6 Å². The third-order valence-electron chi connectivity index (χ3n) is 5.68. The predicted octanol–water partition coefficient (Wildman–Crippen LogP) is 3.11. The highest BCUT2D eigenvalue weighted by Crippen LogP contribution is 2.24. The fourth-order valence-corrected chi connectivity index (χ4v) is 6.54. The largest absolute Gasteiger partial charge is 0.326 e. The Balaban J connectivity index is 1.31. The molecular formula is C23H24ClN5O5S2. The molecule has 2 N–H and O–H groups in total. The van der Waals surface area contributed by atoms with Crippen LogP contribution >= 0.6 is 11.6 Å². The van der Waals surface area contributed by atoms with Crippen molar-refractivity contribution in [2.75, 3.05) is 23.1 Å². The molecule has 0 saturated carbocycles. The molecular weight excluding hydrogens is 526 g/mol. The number of halogens is 1. The number of benzene rings is 2. The topological polar surface area (TPSA) is 138 Å². The van der Waals surface area contributed by atoms with Crippen molar-refractivity contribution in [1.82, 2.24) is 14.3 Å². The predicted molar refractivity (Wildman–Crippen MR) is 136 cm³/mol. The monoisotopic (exact) mass is 549 g/mol. The first-order chi connectivity index (χ1) is 17.1. The lowest BCUT2D eigenvalue weighted by Crippen LogP contribution is -2.41. The summed E-state index contributed by atoms with van der Waals surface area (Å²) in [5.74, 6) is -0.794. The van der Waals surface area contributed by atoms with E-state index in [4.69, 9.17) is 11.6 Å². The van der Waals surface area contributed by atoms with Crippen LogP contribution < -0.4 is 10.0 Å². The number of carbonyl (C=O) groups excluding carboxylic acids is 1. The first kappa shape index (κ1) is 26.0. The first-order valence-electron chi connectivity index (χ1n) is 11.1. The van der Waals surface area contributed by atoms with Gasteiger partial charge in [0.25, 0.3) is 10.0 Å². The molecule has 190 valence electrons. The van der Waals surface area contributed by atoms with Crippen molar-refractivity contribution in [2.45, 2.75) is 23.5 Å². The number of amides is 1. The Kier molecular flexibility index (Phi) is 7.88. The van der Waals surface area contributed by atoms with Gasteiger partial charge in [-0.3, -0.25) is 4.79 Å². The van der Waals surface area contributed by atoms with Gasteiger partial charge in [-0.25, -0.2) is 35.8 Å². The summed E-state index contributed by atoms with van der Waals surface area (Å²) in [6.07, 6.45) is 3.60. The molecule has 1 aliphatic rings. The fraction of sp³-hybridized carbons (Fsp3) is 0.261. The molecule has 2 heterocycles. The number of hydrogen-bond acceptors (Lipinski definition) is 7. The van der Waals surface area contributed by atoms with Crippen molar-refractivity contribution >= 4 is 49.2 Å². The van der Waals surface area contributed by atoms with E-state index in [9.17, 15) is 21.6 Å². The number of rotatable bonds is 8. The fourth-order valence-electron chi connectivity index (χ4n) is 3.82. The Hall–Kier alpha value is -3.06. The van der Waals surface area contributed by atoms with Gasteiger partial charge >= 0.3 is 0 Å². The van der Waals surface area contributed by atoms with Crippen LogP contribution in [0.1, 0.15) is 18.4 Å². The summed E-state index contributed by atoms with van der Waals surface area (Å²) in [4.78, 5) is 20.4. The van der Waals surface area contributed by atoms with Crippen LogP contribution in [-0.4, -0.2) is 50.1 Å². The molecule has 4 rings (SSSR count). The quantitative estimate of drug-likeness (QED) is 0.440. The van der Waals surface area contributed by atoms with Gasteiger partial charge in [0.15, 0.2) is 0 Å². The van der Waals surface area contributed by atoms with Gasteiger partial charge in [0.05, 0.1) is 10.6 Å². The van der Waals surface area contributed by atoms with Crippen LogP contribution in [0.3, 0.4) is 0 Å². The van der Waals surface area contributed by atoms with Crippen LogP contribution in [0.2, 0.25) is 5.02 Å². The van der Waals surface area contributed by atoms with Gasteiger partial charge in [-0.2, -0.15) is 0 Å². The molecule has 0 atom stereocenters. The van der Waals surface area contributed by atoms with E-state index in [0.29, 0.717) is 29.1 Å². The van der Waals surface area contributed by atoms with Gasteiger partial charge in [-0.05, 0) is 60.9 Å². The van der Waals surface area contributed by atoms with Crippen molar-refractivity contribution < 1.29 is 21.6 Å². The molecule has 0 radical (unpaired) electrons. The molecule has 1 fully saturated rings. The van der Waals surface area contributed by atoms with Gasteiger partial charge in [-0.15, -0.1) is 0 Å². The summed E-state index contributed by atoms with van der Waals surface area (Å²) >= 11 is 5.95. The second-order valence-corrected chi connectivity index (χ2v) is 12.3. The zero-order valence-corrected chi connectivity index (χ0v) is 21.4. The maximum Gasteiger partial charge on any atom is 0.264 e. The number of nitrogens with one attached hydrogen (secondary N) is 2.